The highest BCUT2D eigenvalue weighted by molar-refractivity contribution is 4.79. The molecule has 0 aliphatic carbocycles. The van der Waals surface area contributed by atoms with Crippen LogP contribution in [0, 0.1) is 0 Å². The molecule has 0 aromatic carbocycles. The molecule has 0 aromatic heterocycles. The van der Waals surface area contributed by atoms with E-state index in [9.17, 15) is 13.2 Å². The normalized spacial score (nSPS) is 19.9. The van der Waals surface area contributed by atoms with E-state index in [1.54, 1.807) is 0 Å². The van der Waals surface area contributed by atoms with Crippen molar-refractivity contribution < 1.29 is 13.2 Å². The molecule has 0 saturated carbocycles. The third-order valence-electron chi connectivity index (χ3n) is 2.77. The van der Waals surface area contributed by atoms with Crippen LogP contribution >= 0.6 is 0 Å². The lowest BCUT2D eigenvalue weighted by molar-refractivity contribution is -0.148. The van der Waals surface area contributed by atoms with Crippen molar-refractivity contribution in [3.63, 3.8) is 0 Å². The number of rotatable bonds is 5. The van der Waals surface area contributed by atoms with Gasteiger partial charge in [0.1, 0.15) is 0 Å². The van der Waals surface area contributed by atoms with Gasteiger partial charge in [-0.2, -0.15) is 13.2 Å². The van der Waals surface area contributed by atoms with Gasteiger partial charge in [-0.05, 0) is 38.9 Å². The first kappa shape index (κ1) is 13.5. The highest BCUT2D eigenvalue weighted by atomic mass is 19.4. The van der Waals surface area contributed by atoms with Gasteiger partial charge in [-0.1, -0.05) is 6.08 Å². The molecule has 2 nitrogen and oxygen atoms in total. The van der Waals surface area contributed by atoms with Crippen LogP contribution in [0.5, 0.6) is 0 Å². The highest BCUT2D eigenvalue weighted by Crippen LogP contribution is 2.19. The largest absolute Gasteiger partial charge is 0.401 e. The zero-order valence-electron chi connectivity index (χ0n) is 9.39. The molecular formula is C11H19F3N2. The molecule has 1 aliphatic rings. The Kier molecular flexibility index (Phi) is 5.28. The number of piperidine rings is 1. The average Bonchev–Trinajstić information content (AvgIpc) is 2.19. The van der Waals surface area contributed by atoms with Crippen molar-refractivity contribution in [2.45, 2.75) is 31.5 Å². The van der Waals surface area contributed by atoms with Crippen molar-refractivity contribution in [3.8, 4) is 0 Å². The minimum Gasteiger partial charge on any atom is -0.314 e. The van der Waals surface area contributed by atoms with E-state index in [0.717, 1.165) is 25.8 Å². The summed E-state index contributed by atoms with van der Waals surface area (Å²) < 4.78 is 36.4. The van der Waals surface area contributed by atoms with E-state index in [0.29, 0.717) is 19.1 Å². The summed E-state index contributed by atoms with van der Waals surface area (Å²) in [6.45, 7) is 4.79. The fourth-order valence-corrected chi connectivity index (χ4v) is 1.94. The standard InChI is InChI=1S/C11H19F3N2/c1-2-3-6-15-10-4-7-16(8-5-10)9-11(12,13)14/h2,10,15H,1,3-9H2. The third-order valence-corrected chi connectivity index (χ3v) is 2.77. The number of hydrogen-bond donors (Lipinski definition) is 1. The van der Waals surface area contributed by atoms with Gasteiger partial charge in [-0.3, -0.25) is 4.90 Å². The van der Waals surface area contributed by atoms with Crippen LogP contribution < -0.4 is 5.32 Å². The van der Waals surface area contributed by atoms with Gasteiger partial charge in [0.05, 0.1) is 6.54 Å². The summed E-state index contributed by atoms with van der Waals surface area (Å²) in [5, 5.41) is 3.33. The van der Waals surface area contributed by atoms with E-state index in [1.807, 2.05) is 6.08 Å². The van der Waals surface area contributed by atoms with Gasteiger partial charge in [-0.25, -0.2) is 0 Å². The molecule has 1 rings (SSSR count). The van der Waals surface area contributed by atoms with Crippen molar-refractivity contribution in [1.82, 2.24) is 10.2 Å². The number of halogens is 3. The Hall–Kier alpha value is -0.550. The highest BCUT2D eigenvalue weighted by Gasteiger charge is 2.32. The summed E-state index contributed by atoms with van der Waals surface area (Å²) in [5.74, 6) is 0. The van der Waals surface area contributed by atoms with Crippen molar-refractivity contribution in [2.24, 2.45) is 0 Å². The molecule has 5 heteroatoms. The second-order valence-corrected chi connectivity index (χ2v) is 4.20. The second kappa shape index (κ2) is 6.25. The Morgan fingerprint density at radius 1 is 1.31 bits per heavy atom. The van der Waals surface area contributed by atoms with Crippen LogP contribution in [-0.2, 0) is 0 Å². The van der Waals surface area contributed by atoms with Gasteiger partial charge >= 0.3 is 6.18 Å². The van der Waals surface area contributed by atoms with Crippen LogP contribution in [0.4, 0.5) is 13.2 Å². The summed E-state index contributed by atoms with van der Waals surface area (Å²) in [6.07, 6.45) is 0.276. The molecule has 0 unspecified atom stereocenters. The van der Waals surface area contributed by atoms with Gasteiger partial charge in [-0.15, -0.1) is 6.58 Å². The van der Waals surface area contributed by atoms with Crippen molar-refractivity contribution in [1.29, 1.82) is 0 Å². The zero-order chi connectivity index (χ0) is 12.0. The third kappa shape index (κ3) is 5.51. The number of alkyl halides is 3. The predicted octanol–water partition coefficient (Wildman–Crippen LogP) is 2.18. The molecule has 1 aliphatic heterocycles. The molecule has 0 spiro atoms. The molecule has 1 heterocycles. The summed E-state index contributed by atoms with van der Waals surface area (Å²) in [6, 6.07) is 0.365. The van der Waals surface area contributed by atoms with Crippen LogP contribution in [0.2, 0.25) is 0 Å². The topological polar surface area (TPSA) is 15.3 Å². The molecule has 1 fully saturated rings. The van der Waals surface area contributed by atoms with Crippen molar-refractivity contribution >= 4 is 0 Å². The van der Waals surface area contributed by atoms with Gasteiger partial charge in [0, 0.05) is 6.04 Å². The lowest BCUT2D eigenvalue weighted by atomic mass is 10.0. The maximum atomic E-state index is 12.1. The lowest BCUT2D eigenvalue weighted by Gasteiger charge is -2.32. The molecule has 0 aromatic rings. The maximum Gasteiger partial charge on any atom is 0.401 e. The summed E-state index contributed by atoms with van der Waals surface area (Å²) in [5.41, 5.74) is 0. The number of nitrogens with one attached hydrogen (secondary N) is 1. The van der Waals surface area contributed by atoms with Crippen molar-refractivity contribution in [3.05, 3.63) is 12.7 Å². The fourth-order valence-electron chi connectivity index (χ4n) is 1.94. The van der Waals surface area contributed by atoms with Crippen LogP contribution in [0.15, 0.2) is 12.7 Å². The first-order valence-corrected chi connectivity index (χ1v) is 5.64. The van der Waals surface area contributed by atoms with Crippen molar-refractivity contribution in [2.75, 3.05) is 26.2 Å². The zero-order valence-corrected chi connectivity index (χ0v) is 9.39. The number of nitrogens with zero attached hydrogens (tertiary/aromatic N) is 1. The van der Waals surface area contributed by atoms with E-state index in [4.69, 9.17) is 0 Å². The molecule has 1 N–H and O–H groups in total. The molecule has 0 amide bonds. The maximum absolute atomic E-state index is 12.1. The van der Waals surface area contributed by atoms with Gasteiger partial charge < -0.3 is 5.32 Å². The lowest BCUT2D eigenvalue weighted by Crippen LogP contribution is -2.45. The van der Waals surface area contributed by atoms with E-state index < -0.39 is 12.7 Å². The van der Waals surface area contributed by atoms with Crippen LogP contribution in [0.25, 0.3) is 0 Å². The molecular weight excluding hydrogens is 217 g/mol. The number of likely N-dealkylation sites (tertiary alicyclic amines) is 1. The van der Waals surface area contributed by atoms with Gasteiger partial charge in [0.2, 0.25) is 0 Å². The van der Waals surface area contributed by atoms with Crippen LogP contribution in [0.1, 0.15) is 19.3 Å². The Bertz CT molecular complexity index is 208. The minimum atomic E-state index is -4.07. The molecule has 0 bridgehead atoms. The first-order chi connectivity index (χ1) is 7.51. The molecule has 94 valence electrons. The summed E-state index contributed by atoms with van der Waals surface area (Å²) in [4.78, 5) is 1.48. The van der Waals surface area contributed by atoms with E-state index >= 15 is 0 Å². The number of hydrogen-bond acceptors (Lipinski definition) is 2. The Morgan fingerprint density at radius 3 is 2.44 bits per heavy atom. The molecule has 16 heavy (non-hydrogen) atoms. The van der Waals surface area contributed by atoms with Crippen LogP contribution in [-0.4, -0.2) is 43.3 Å². The SMILES string of the molecule is C=CCCNC1CCN(CC(F)(F)F)CC1. The monoisotopic (exact) mass is 236 g/mol. The Balaban J connectivity index is 2.16. The fraction of sp³-hybridized carbons (Fsp3) is 0.818. The predicted molar refractivity (Wildman–Crippen MR) is 58.3 cm³/mol. The molecule has 0 atom stereocenters. The summed E-state index contributed by atoms with van der Waals surface area (Å²) in [7, 11) is 0. The molecule has 1 saturated heterocycles. The summed E-state index contributed by atoms with van der Waals surface area (Å²) >= 11 is 0. The van der Waals surface area contributed by atoms with Gasteiger partial charge in [0.15, 0.2) is 0 Å². The quantitative estimate of drug-likeness (QED) is 0.581. The second-order valence-electron chi connectivity index (χ2n) is 4.20. The van der Waals surface area contributed by atoms with E-state index in [2.05, 4.69) is 11.9 Å². The molecule has 0 radical (unpaired) electrons. The van der Waals surface area contributed by atoms with Crippen LogP contribution in [0.3, 0.4) is 0 Å². The first-order valence-electron chi connectivity index (χ1n) is 5.64. The Labute approximate surface area is 94.5 Å². The smallest absolute Gasteiger partial charge is 0.314 e. The Morgan fingerprint density at radius 2 is 1.94 bits per heavy atom. The average molecular weight is 236 g/mol. The minimum absolute atomic E-state index is 0.365. The van der Waals surface area contributed by atoms with Gasteiger partial charge in [0.25, 0.3) is 0 Å². The van der Waals surface area contributed by atoms with E-state index in [1.165, 1.54) is 4.90 Å². The van der Waals surface area contributed by atoms with E-state index in [-0.39, 0.29) is 0 Å².